The van der Waals surface area contributed by atoms with Crippen molar-refractivity contribution in [3.8, 4) is 0 Å². The molecule has 1 aromatic rings. The van der Waals surface area contributed by atoms with E-state index in [0.29, 0.717) is 0 Å². The molecule has 68 valence electrons. The van der Waals surface area contributed by atoms with E-state index < -0.39 is 11.9 Å². The zero-order valence-electron chi connectivity index (χ0n) is 6.06. The highest BCUT2D eigenvalue weighted by atomic mass is 79.9. The molecular weight excluding hydrogens is 244 g/mol. The van der Waals surface area contributed by atoms with Gasteiger partial charge in [-0.25, -0.2) is 19.6 Å². The fraction of sp³-hybridized carbons (Fsp3) is 0. The average Bonchev–Trinajstić information content (AvgIpc) is 2.03. The summed E-state index contributed by atoms with van der Waals surface area (Å²) in [5, 5.41) is 17.1. The molecule has 1 aromatic heterocycles. The minimum atomic E-state index is -1.31. The largest absolute Gasteiger partial charge is 0.476 e. The molecule has 0 fully saturated rings. The molecule has 0 saturated heterocycles. The first-order valence-corrected chi connectivity index (χ1v) is 3.80. The maximum atomic E-state index is 10.5. The van der Waals surface area contributed by atoms with Crippen LogP contribution in [0, 0.1) is 0 Å². The number of rotatable bonds is 2. The standard InChI is InChI=1S/C6H3BrN2O4/c7-2-3(5(10)11)8-1-9-4(2)6(12)13/h1H,(H,10,11)(H,12,13). The highest BCUT2D eigenvalue weighted by Gasteiger charge is 2.18. The lowest BCUT2D eigenvalue weighted by Gasteiger charge is -1.99. The molecule has 0 atom stereocenters. The Hall–Kier alpha value is -1.50. The van der Waals surface area contributed by atoms with Crippen molar-refractivity contribution >= 4 is 27.9 Å². The molecule has 1 heterocycles. The van der Waals surface area contributed by atoms with E-state index in [1.165, 1.54) is 0 Å². The molecule has 0 amide bonds. The highest BCUT2D eigenvalue weighted by molar-refractivity contribution is 9.10. The SMILES string of the molecule is O=C(O)c1ncnc(C(=O)O)c1Br. The van der Waals surface area contributed by atoms with Crippen LogP contribution in [0.2, 0.25) is 0 Å². The van der Waals surface area contributed by atoms with Gasteiger partial charge in [0.05, 0.1) is 4.47 Å². The summed E-state index contributed by atoms with van der Waals surface area (Å²) < 4.78 is -0.130. The molecule has 13 heavy (non-hydrogen) atoms. The van der Waals surface area contributed by atoms with Crippen LogP contribution >= 0.6 is 15.9 Å². The van der Waals surface area contributed by atoms with Crippen LogP contribution in [0.3, 0.4) is 0 Å². The number of aromatic carboxylic acids is 2. The monoisotopic (exact) mass is 246 g/mol. The van der Waals surface area contributed by atoms with Gasteiger partial charge in [-0.2, -0.15) is 0 Å². The number of halogens is 1. The number of nitrogens with zero attached hydrogens (tertiary/aromatic N) is 2. The van der Waals surface area contributed by atoms with Gasteiger partial charge in [0.15, 0.2) is 11.4 Å². The smallest absolute Gasteiger partial charge is 0.355 e. The zero-order chi connectivity index (χ0) is 10.0. The van der Waals surface area contributed by atoms with Gasteiger partial charge in [0.1, 0.15) is 6.33 Å². The maximum Gasteiger partial charge on any atom is 0.355 e. The number of carboxylic acids is 2. The quantitative estimate of drug-likeness (QED) is 0.794. The van der Waals surface area contributed by atoms with Crippen LogP contribution in [0.15, 0.2) is 10.8 Å². The van der Waals surface area contributed by atoms with Gasteiger partial charge < -0.3 is 10.2 Å². The fourth-order valence-corrected chi connectivity index (χ4v) is 1.21. The number of carboxylic acid groups (broad SMARTS) is 2. The predicted molar refractivity (Wildman–Crippen MR) is 43.7 cm³/mol. The Morgan fingerprint density at radius 3 is 1.85 bits per heavy atom. The lowest BCUT2D eigenvalue weighted by atomic mass is 10.3. The van der Waals surface area contributed by atoms with Gasteiger partial charge in [0.2, 0.25) is 0 Å². The Morgan fingerprint density at radius 2 is 1.54 bits per heavy atom. The number of hydrogen-bond donors (Lipinski definition) is 2. The average molecular weight is 247 g/mol. The molecule has 0 spiro atoms. The molecule has 0 radical (unpaired) electrons. The second-order valence-electron chi connectivity index (χ2n) is 2.00. The van der Waals surface area contributed by atoms with Gasteiger partial charge in [-0.15, -0.1) is 0 Å². The van der Waals surface area contributed by atoms with Crippen LogP contribution in [-0.2, 0) is 0 Å². The van der Waals surface area contributed by atoms with Gasteiger partial charge in [-0.3, -0.25) is 0 Å². The van der Waals surface area contributed by atoms with Gasteiger partial charge >= 0.3 is 11.9 Å². The van der Waals surface area contributed by atoms with Crippen molar-refractivity contribution in [2.45, 2.75) is 0 Å². The Labute approximate surface area is 80.4 Å². The van der Waals surface area contributed by atoms with Crippen molar-refractivity contribution in [3.05, 3.63) is 22.2 Å². The molecule has 0 saturated carbocycles. The molecule has 0 aliphatic heterocycles. The molecular formula is C6H3BrN2O4. The topological polar surface area (TPSA) is 100 Å². The van der Waals surface area contributed by atoms with E-state index in [2.05, 4.69) is 25.9 Å². The first-order chi connectivity index (χ1) is 6.04. The van der Waals surface area contributed by atoms with Crippen LogP contribution in [0.25, 0.3) is 0 Å². The molecule has 1 rings (SSSR count). The Morgan fingerprint density at radius 1 is 1.15 bits per heavy atom. The molecule has 0 aromatic carbocycles. The Bertz CT molecular complexity index is 347. The molecule has 2 N–H and O–H groups in total. The Kier molecular flexibility index (Phi) is 2.57. The third-order valence-electron chi connectivity index (χ3n) is 1.19. The summed E-state index contributed by atoms with van der Waals surface area (Å²) in [6, 6.07) is 0. The van der Waals surface area contributed by atoms with E-state index >= 15 is 0 Å². The molecule has 6 nitrogen and oxygen atoms in total. The van der Waals surface area contributed by atoms with Crippen LogP contribution in [0.5, 0.6) is 0 Å². The summed E-state index contributed by atoms with van der Waals surface area (Å²) in [4.78, 5) is 27.8. The van der Waals surface area contributed by atoms with E-state index in [9.17, 15) is 9.59 Å². The number of aromatic nitrogens is 2. The predicted octanol–water partition coefficient (Wildman–Crippen LogP) is 0.635. The van der Waals surface area contributed by atoms with Crippen molar-refractivity contribution in [2.24, 2.45) is 0 Å². The minimum Gasteiger partial charge on any atom is -0.476 e. The van der Waals surface area contributed by atoms with Crippen molar-refractivity contribution in [3.63, 3.8) is 0 Å². The van der Waals surface area contributed by atoms with E-state index in [1.807, 2.05) is 0 Å². The van der Waals surface area contributed by atoms with Crippen LogP contribution in [0.1, 0.15) is 21.0 Å². The van der Waals surface area contributed by atoms with Crippen molar-refractivity contribution < 1.29 is 19.8 Å². The van der Waals surface area contributed by atoms with E-state index in [1.54, 1.807) is 0 Å². The zero-order valence-corrected chi connectivity index (χ0v) is 7.65. The summed E-state index contributed by atoms with van der Waals surface area (Å²) in [5.74, 6) is -2.62. The fourth-order valence-electron chi connectivity index (χ4n) is 0.668. The van der Waals surface area contributed by atoms with E-state index in [4.69, 9.17) is 10.2 Å². The van der Waals surface area contributed by atoms with E-state index in [0.717, 1.165) is 6.33 Å². The van der Waals surface area contributed by atoms with E-state index in [-0.39, 0.29) is 15.9 Å². The highest BCUT2D eigenvalue weighted by Crippen LogP contribution is 2.17. The lowest BCUT2D eigenvalue weighted by molar-refractivity contribution is 0.0687. The van der Waals surface area contributed by atoms with Crippen molar-refractivity contribution in [1.82, 2.24) is 9.97 Å². The second kappa shape index (κ2) is 3.48. The number of hydrogen-bond acceptors (Lipinski definition) is 4. The maximum absolute atomic E-state index is 10.5. The van der Waals surface area contributed by atoms with Crippen LogP contribution < -0.4 is 0 Å². The summed E-state index contributed by atoms with van der Waals surface area (Å²) in [5.41, 5.74) is -0.736. The van der Waals surface area contributed by atoms with Crippen molar-refractivity contribution in [2.75, 3.05) is 0 Å². The van der Waals surface area contributed by atoms with Gasteiger partial charge in [-0.05, 0) is 15.9 Å². The summed E-state index contributed by atoms with van der Waals surface area (Å²) >= 11 is 2.80. The third-order valence-corrected chi connectivity index (χ3v) is 1.95. The van der Waals surface area contributed by atoms with Gasteiger partial charge in [0, 0.05) is 0 Å². The first-order valence-electron chi connectivity index (χ1n) is 3.01. The molecule has 0 aliphatic carbocycles. The minimum absolute atomic E-state index is 0.130. The van der Waals surface area contributed by atoms with Crippen molar-refractivity contribution in [1.29, 1.82) is 0 Å². The summed E-state index contributed by atoms with van der Waals surface area (Å²) in [6.07, 6.45) is 0.887. The molecule has 0 unspecified atom stereocenters. The number of carbonyl (C=O) groups is 2. The first kappa shape index (κ1) is 9.59. The normalized spacial score (nSPS) is 9.62. The molecule has 0 bridgehead atoms. The summed E-state index contributed by atoms with van der Waals surface area (Å²) in [6.45, 7) is 0. The Balaban J connectivity index is 3.35. The molecule has 0 aliphatic rings. The lowest BCUT2D eigenvalue weighted by Crippen LogP contribution is -2.09. The third kappa shape index (κ3) is 1.81. The second-order valence-corrected chi connectivity index (χ2v) is 2.79. The summed E-state index contributed by atoms with van der Waals surface area (Å²) in [7, 11) is 0. The van der Waals surface area contributed by atoms with Gasteiger partial charge in [0.25, 0.3) is 0 Å². The van der Waals surface area contributed by atoms with Gasteiger partial charge in [-0.1, -0.05) is 0 Å². The molecule has 7 heteroatoms. The van der Waals surface area contributed by atoms with Crippen LogP contribution in [-0.4, -0.2) is 32.1 Å². The van der Waals surface area contributed by atoms with Crippen LogP contribution in [0.4, 0.5) is 0 Å².